The first kappa shape index (κ1) is 19.4. The van der Waals surface area contributed by atoms with Crippen molar-refractivity contribution in [2.45, 2.75) is 52.9 Å². The maximum atomic E-state index is 13.1. The number of aryl methyl sites for hydroxylation is 1. The number of carbonyl (C=O) groups excluding carboxylic acids is 2. The number of methoxy groups -OCH3 is 1. The summed E-state index contributed by atoms with van der Waals surface area (Å²) < 4.78 is 6.09. The molecular formula is C20H24BrNO3S. The highest BCUT2D eigenvalue weighted by Crippen LogP contribution is 2.49. The molecule has 6 heteroatoms. The van der Waals surface area contributed by atoms with Crippen LogP contribution in [0.1, 0.15) is 56.2 Å². The molecule has 1 atom stereocenters. The number of dihydropyridines is 1. The SMILES string of the molecule is CCc1sc([C@@H]2C(C(=O)OC)=C(C)NC3=C2C(=O)CC(C)(C)C3)cc1Br. The summed E-state index contributed by atoms with van der Waals surface area (Å²) in [6.07, 6.45) is 2.19. The smallest absolute Gasteiger partial charge is 0.336 e. The van der Waals surface area contributed by atoms with Gasteiger partial charge in [-0.2, -0.15) is 0 Å². The third-order valence-corrected chi connectivity index (χ3v) is 7.34. The van der Waals surface area contributed by atoms with Crippen LogP contribution >= 0.6 is 27.3 Å². The summed E-state index contributed by atoms with van der Waals surface area (Å²) in [6.45, 7) is 8.21. The molecule has 3 rings (SSSR count). The summed E-state index contributed by atoms with van der Waals surface area (Å²) in [7, 11) is 1.39. The number of thiophene rings is 1. The largest absolute Gasteiger partial charge is 0.466 e. The lowest BCUT2D eigenvalue weighted by atomic mass is 9.70. The molecule has 1 aliphatic heterocycles. The van der Waals surface area contributed by atoms with Crippen molar-refractivity contribution in [3.8, 4) is 0 Å². The number of allylic oxidation sites excluding steroid dienone is 3. The van der Waals surface area contributed by atoms with Crippen LogP contribution in [-0.2, 0) is 20.7 Å². The minimum absolute atomic E-state index is 0.0822. The Bertz CT molecular complexity index is 847. The number of ether oxygens (including phenoxy) is 1. The number of halogens is 1. The predicted octanol–water partition coefficient (Wildman–Crippen LogP) is 4.85. The van der Waals surface area contributed by atoms with Gasteiger partial charge in [0.25, 0.3) is 0 Å². The standard InChI is InChI=1S/C20H24BrNO3S/c1-6-14-11(21)7-15(26-14)18-16(19(24)25-5)10(2)22-12-8-20(3,4)9-13(23)17(12)18/h7,18,22H,6,8-9H2,1-5H3/t18-/m1/s1. The number of hydrogen-bond acceptors (Lipinski definition) is 5. The van der Waals surface area contributed by atoms with E-state index in [1.807, 2.05) is 13.0 Å². The molecule has 1 aromatic heterocycles. The van der Waals surface area contributed by atoms with E-state index in [9.17, 15) is 9.59 Å². The van der Waals surface area contributed by atoms with Crippen LogP contribution in [-0.4, -0.2) is 18.9 Å². The maximum Gasteiger partial charge on any atom is 0.336 e. The Kier molecular flexibility index (Phi) is 5.19. The average Bonchev–Trinajstić information content (AvgIpc) is 2.92. The molecule has 26 heavy (non-hydrogen) atoms. The van der Waals surface area contributed by atoms with Gasteiger partial charge in [0.15, 0.2) is 5.78 Å². The highest BCUT2D eigenvalue weighted by Gasteiger charge is 2.43. The molecule has 0 spiro atoms. The lowest BCUT2D eigenvalue weighted by molar-refractivity contribution is -0.136. The first-order chi connectivity index (χ1) is 12.2. The third-order valence-electron chi connectivity index (χ3n) is 5.03. The Morgan fingerprint density at radius 2 is 2.12 bits per heavy atom. The van der Waals surface area contributed by atoms with E-state index in [1.165, 1.54) is 12.0 Å². The molecular weight excluding hydrogens is 414 g/mol. The van der Waals surface area contributed by atoms with Crippen molar-refractivity contribution in [1.82, 2.24) is 5.32 Å². The van der Waals surface area contributed by atoms with Crippen LogP contribution in [0.2, 0.25) is 0 Å². The van der Waals surface area contributed by atoms with Gasteiger partial charge in [0.1, 0.15) is 0 Å². The van der Waals surface area contributed by atoms with Crippen molar-refractivity contribution in [2.24, 2.45) is 5.41 Å². The zero-order valence-electron chi connectivity index (χ0n) is 15.8. The van der Waals surface area contributed by atoms with Crippen molar-refractivity contribution in [3.63, 3.8) is 0 Å². The number of rotatable bonds is 3. The predicted molar refractivity (Wildman–Crippen MR) is 107 cm³/mol. The number of Topliss-reactive ketones (excluding diaryl/α,β-unsaturated/α-hetero) is 1. The van der Waals surface area contributed by atoms with Crippen LogP contribution < -0.4 is 5.32 Å². The second-order valence-corrected chi connectivity index (χ2v) is 9.72. The van der Waals surface area contributed by atoms with Crippen LogP contribution in [0.3, 0.4) is 0 Å². The van der Waals surface area contributed by atoms with E-state index in [-0.39, 0.29) is 23.1 Å². The van der Waals surface area contributed by atoms with Crippen LogP contribution in [0, 0.1) is 5.41 Å². The van der Waals surface area contributed by atoms with Crippen LogP contribution in [0.4, 0.5) is 0 Å². The average molecular weight is 438 g/mol. The van der Waals surface area contributed by atoms with E-state index in [4.69, 9.17) is 4.74 Å². The number of esters is 1. The van der Waals surface area contributed by atoms with Gasteiger partial charge < -0.3 is 10.1 Å². The van der Waals surface area contributed by atoms with Gasteiger partial charge in [-0.25, -0.2) is 4.79 Å². The Labute approximate surface area is 166 Å². The third kappa shape index (κ3) is 3.29. The number of carbonyl (C=O) groups is 2. The number of hydrogen-bond donors (Lipinski definition) is 1. The fourth-order valence-electron chi connectivity index (χ4n) is 3.91. The Hall–Kier alpha value is -1.40. The highest BCUT2D eigenvalue weighted by atomic mass is 79.9. The lowest BCUT2D eigenvalue weighted by Gasteiger charge is -2.39. The van der Waals surface area contributed by atoms with Gasteiger partial charge in [-0.3, -0.25) is 4.79 Å². The van der Waals surface area contributed by atoms with E-state index >= 15 is 0 Å². The molecule has 1 aliphatic carbocycles. The van der Waals surface area contributed by atoms with Gasteiger partial charge in [0.2, 0.25) is 0 Å². The van der Waals surface area contributed by atoms with Crippen LogP contribution in [0.5, 0.6) is 0 Å². The van der Waals surface area contributed by atoms with Crippen molar-refractivity contribution in [2.75, 3.05) is 7.11 Å². The molecule has 0 radical (unpaired) electrons. The zero-order valence-corrected chi connectivity index (χ0v) is 18.2. The number of nitrogens with one attached hydrogen (secondary N) is 1. The van der Waals surface area contributed by atoms with Crippen molar-refractivity contribution in [1.29, 1.82) is 0 Å². The van der Waals surface area contributed by atoms with Gasteiger partial charge in [0.05, 0.1) is 18.6 Å². The van der Waals surface area contributed by atoms with E-state index in [2.05, 4.69) is 42.0 Å². The fraction of sp³-hybridized carbons (Fsp3) is 0.500. The zero-order chi connectivity index (χ0) is 19.2. The summed E-state index contributed by atoms with van der Waals surface area (Å²) in [6, 6.07) is 2.05. The van der Waals surface area contributed by atoms with Gasteiger partial charge >= 0.3 is 5.97 Å². The van der Waals surface area contributed by atoms with Crippen molar-refractivity contribution in [3.05, 3.63) is 42.8 Å². The Morgan fingerprint density at radius 3 is 2.69 bits per heavy atom. The molecule has 0 fully saturated rings. The Balaban J connectivity index is 2.20. The minimum Gasteiger partial charge on any atom is -0.466 e. The first-order valence-electron chi connectivity index (χ1n) is 8.79. The molecule has 2 heterocycles. The number of ketones is 1. The van der Waals surface area contributed by atoms with Gasteiger partial charge in [-0.1, -0.05) is 20.8 Å². The molecule has 140 valence electrons. The molecule has 0 saturated heterocycles. The summed E-state index contributed by atoms with van der Waals surface area (Å²) in [5, 5.41) is 3.34. The summed E-state index contributed by atoms with van der Waals surface area (Å²) >= 11 is 5.27. The quantitative estimate of drug-likeness (QED) is 0.686. The fourth-order valence-corrected chi connectivity index (χ4v) is 5.95. The van der Waals surface area contributed by atoms with Gasteiger partial charge in [-0.05, 0) is 47.2 Å². The molecule has 0 bridgehead atoms. The van der Waals surface area contributed by atoms with E-state index in [0.717, 1.165) is 39.2 Å². The van der Waals surface area contributed by atoms with E-state index < -0.39 is 0 Å². The monoisotopic (exact) mass is 437 g/mol. The van der Waals surface area contributed by atoms with Gasteiger partial charge in [-0.15, -0.1) is 11.3 Å². The van der Waals surface area contributed by atoms with E-state index in [1.54, 1.807) is 11.3 Å². The Morgan fingerprint density at radius 1 is 1.42 bits per heavy atom. The topological polar surface area (TPSA) is 55.4 Å². The summed E-state index contributed by atoms with van der Waals surface area (Å²) in [5.74, 6) is -0.624. The lowest BCUT2D eigenvalue weighted by Crippen LogP contribution is -2.38. The minimum atomic E-state index is -0.383. The van der Waals surface area contributed by atoms with Crippen LogP contribution in [0.25, 0.3) is 0 Å². The molecule has 1 N–H and O–H groups in total. The normalized spacial score (nSPS) is 22.2. The molecule has 0 amide bonds. The van der Waals surface area contributed by atoms with Gasteiger partial charge in [0, 0.05) is 37.6 Å². The molecule has 2 aliphatic rings. The molecule has 0 aromatic carbocycles. The second-order valence-electron chi connectivity index (χ2n) is 7.69. The van der Waals surface area contributed by atoms with Crippen molar-refractivity contribution < 1.29 is 14.3 Å². The van der Waals surface area contributed by atoms with Crippen LogP contribution in [0.15, 0.2) is 33.1 Å². The highest BCUT2D eigenvalue weighted by molar-refractivity contribution is 9.10. The maximum absolute atomic E-state index is 13.1. The molecule has 1 aromatic rings. The second kappa shape index (κ2) is 6.97. The molecule has 0 saturated carbocycles. The molecule has 4 nitrogen and oxygen atoms in total. The first-order valence-corrected chi connectivity index (χ1v) is 10.4. The molecule has 0 unspecified atom stereocenters. The van der Waals surface area contributed by atoms with E-state index in [0.29, 0.717) is 12.0 Å². The summed E-state index contributed by atoms with van der Waals surface area (Å²) in [5.41, 5.74) is 2.90. The summed E-state index contributed by atoms with van der Waals surface area (Å²) in [4.78, 5) is 27.9. The van der Waals surface area contributed by atoms with Crippen molar-refractivity contribution >= 4 is 39.0 Å².